The number of carboxylic acid groups (broad SMARTS) is 1. The number of thiophene rings is 1. The van der Waals surface area contributed by atoms with E-state index in [2.05, 4.69) is 4.72 Å². The number of carboxylic acids is 1. The van der Waals surface area contributed by atoms with E-state index in [0.29, 0.717) is 18.5 Å². The van der Waals surface area contributed by atoms with Crippen molar-refractivity contribution >= 4 is 27.3 Å². The Morgan fingerprint density at radius 3 is 2.42 bits per heavy atom. The molecule has 0 unspecified atom stereocenters. The first-order valence-electron chi connectivity index (χ1n) is 5.86. The minimum absolute atomic E-state index is 0.0418. The van der Waals surface area contributed by atoms with Crippen molar-refractivity contribution in [3.63, 3.8) is 0 Å². The normalized spacial score (nSPS) is 12.6. The van der Waals surface area contributed by atoms with E-state index in [-0.39, 0.29) is 14.5 Å². The molecule has 0 radical (unpaired) electrons. The van der Waals surface area contributed by atoms with Crippen LogP contribution in [0, 0.1) is 12.3 Å². The molecule has 2 N–H and O–H groups in total. The van der Waals surface area contributed by atoms with Crippen LogP contribution in [0.25, 0.3) is 0 Å². The van der Waals surface area contributed by atoms with Crippen LogP contribution < -0.4 is 4.72 Å². The second-order valence-electron chi connectivity index (χ2n) is 5.59. The summed E-state index contributed by atoms with van der Waals surface area (Å²) in [5.41, 5.74) is 0.508. The molecule has 1 aromatic rings. The second kappa shape index (κ2) is 5.60. The van der Waals surface area contributed by atoms with Gasteiger partial charge in [0.05, 0.1) is 0 Å². The lowest BCUT2D eigenvalue weighted by molar-refractivity contribution is 0.0701. The molecule has 0 amide bonds. The van der Waals surface area contributed by atoms with Crippen molar-refractivity contribution in [3.8, 4) is 0 Å². The average Bonchev–Trinajstić information content (AvgIpc) is 2.58. The number of nitrogens with one attached hydrogen (secondary N) is 1. The summed E-state index contributed by atoms with van der Waals surface area (Å²) in [6.45, 7) is 8.01. The Bertz CT molecular complexity index is 567. The third-order valence-electron chi connectivity index (χ3n) is 2.52. The minimum Gasteiger partial charge on any atom is -0.477 e. The fourth-order valence-electron chi connectivity index (χ4n) is 1.43. The number of aryl methyl sites for hydroxylation is 1. The van der Waals surface area contributed by atoms with E-state index in [9.17, 15) is 13.2 Å². The Morgan fingerprint density at radius 2 is 2.00 bits per heavy atom. The van der Waals surface area contributed by atoms with Gasteiger partial charge in [0.25, 0.3) is 0 Å². The molecule has 0 spiro atoms. The molecule has 0 bridgehead atoms. The first-order valence-corrected chi connectivity index (χ1v) is 8.16. The van der Waals surface area contributed by atoms with Gasteiger partial charge < -0.3 is 5.11 Å². The zero-order chi connectivity index (χ0) is 14.8. The van der Waals surface area contributed by atoms with Gasteiger partial charge in [0, 0.05) is 6.54 Å². The highest BCUT2D eigenvalue weighted by Crippen LogP contribution is 2.26. The smallest absolute Gasteiger partial charge is 0.346 e. The van der Waals surface area contributed by atoms with Crippen molar-refractivity contribution in [3.05, 3.63) is 16.5 Å². The third-order valence-corrected chi connectivity index (χ3v) is 5.68. The molecule has 1 rings (SSSR count). The first kappa shape index (κ1) is 16.1. The zero-order valence-electron chi connectivity index (χ0n) is 11.5. The first-order chi connectivity index (χ1) is 8.53. The third kappa shape index (κ3) is 4.59. The SMILES string of the molecule is Cc1cc(S(=O)(=O)NCCC(C)(C)C)sc1C(=O)O. The molecule has 0 aliphatic carbocycles. The predicted molar refractivity (Wildman–Crippen MR) is 75.3 cm³/mol. The number of carbonyl (C=O) groups is 1. The van der Waals surface area contributed by atoms with Crippen molar-refractivity contribution in [2.75, 3.05) is 6.54 Å². The topological polar surface area (TPSA) is 83.5 Å². The summed E-state index contributed by atoms with van der Waals surface area (Å²) in [7, 11) is -3.61. The van der Waals surface area contributed by atoms with Gasteiger partial charge in [-0.25, -0.2) is 17.9 Å². The van der Waals surface area contributed by atoms with Gasteiger partial charge in [-0.2, -0.15) is 0 Å². The van der Waals surface area contributed by atoms with Crippen molar-refractivity contribution in [1.82, 2.24) is 4.72 Å². The van der Waals surface area contributed by atoms with Crippen LogP contribution in [-0.2, 0) is 10.0 Å². The summed E-state index contributed by atoms with van der Waals surface area (Å²) >= 11 is 0.782. The van der Waals surface area contributed by atoms with Crippen molar-refractivity contribution < 1.29 is 18.3 Å². The van der Waals surface area contributed by atoms with E-state index >= 15 is 0 Å². The predicted octanol–water partition coefficient (Wildman–Crippen LogP) is 2.47. The fourth-order valence-corrected chi connectivity index (χ4v) is 3.88. The number of hydrogen-bond acceptors (Lipinski definition) is 4. The molecule has 19 heavy (non-hydrogen) atoms. The van der Waals surface area contributed by atoms with Crippen LogP contribution in [0.4, 0.5) is 0 Å². The summed E-state index contributed by atoms with van der Waals surface area (Å²) in [6, 6.07) is 1.40. The van der Waals surface area contributed by atoms with Gasteiger partial charge in [0.15, 0.2) is 0 Å². The summed E-state index contributed by atoms with van der Waals surface area (Å²) < 4.78 is 26.6. The molecular formula is C12H19NO4S2. The standard InChI is InChI=1S/C12H19NO4S2/c1-8-7-9(18-10(8)11(14)15)19(16,17)13-6-5-12(2,3)4/h7,13H,5-6H2,1-4H3,(H,14,15). The largest absolute Gasteiger partial charge is 0.477 e. The molecule has 1 aromatic heterocycles. The molecule has 0 aliphatic heterocycles. The maximum Gasteiger partial charge on any atom is 0.346 e. The zero-order valence-corrected chi connectivity index (χ0v) is 13.1. The molecule has 0 atom stereocenters. The molecule has 1 heterocycles. The molecule has 108 valence electrons. The van der Waals surface area contributed by atoms with Crippen LogP contribution in [0.15, 0.2) is 10.3 Å². The van der Waals surface area contributed by atoms with E-state index < -0.39 is 16.0 Å². The van der Waals surface area contributed by atoms with Gasteiger partial charge in [-0.3, -0.25) is 0 Å². The highest BCUT2D eigenvalue weighted by atomic mass is 32.2. The Labute approximate surface area is 117 Å². The average molecular weight is 305 g/mol. The van der Waals surface area contributed by atoms with Crippen molar-refractivity contribution in [1.29, 1.82) is 0 Å². The molecule has 0 fully saturated rings. The number of rotatable bonds is 5. The van der Waals surface area contributed by atoms with Crippen LogP contribution in [0.3, 0.4) is 0 Å². The van der Waals surface area contributed by atoms with Crippen LogP contribution in [0.5, 0.6) is 0 Å². The van der Waals surface area contributed by atoms with Gasteiger partial charge in [-0.1, -0.05) is 20.8 Å². The lowest BCUT2D eigenvalue weighted by Crippen LogP contribution is -2.26. The fraction of sp³-hybridized carbons (Fsp3) is 0.583. The van der Waals surface area contributed by atoms with Gasteiger partial charge >= 0.3 is 5.97 Å². The summed E-state index contributed by atoms with van der Waals surface area (Å²) in [6.07, 6.45) is 0.711. The number of hydrogen-bond donors (Lipinski definition) is 2. The minimum atomic E-state index is -3.61. The Kier molecular flexibility index (Phi) is 4.76. The van der Waals surface area contributed by atoms with Crippen LogP contribution in [-0.4, -0.2) is 26.0 Å². The summed E-state index contributed by atoms with van der Waals surface area (Å²) in [4.78, 5) is 11.0. The molecule has 7 heteroatoms. The van der Waals surface area contributed by atoms with Crippen LogP contribution in [0.1, 0.15) is 42.4 Å². The molecule has 0 saturated carbocycles. The number of aromatic carboxylic acids is 1. The maximum absolute atomic E-state index is 12.0. The molecule has 0 saturated heterocycles. The van der Waals surface area contributed by atoms with Crippen LogP contribution in [0.2, 0.25) is 0 Å². The van der Waals surface area contributed by atoms with E-state index in [4.69, 9.17) is 5.11 Å². The number of sulfonamides is 1. The summed E-state index contributed by atoms with van der Waals surface area (Å²) in [5.74, 6) is -1.10. The van der Waals surface area contributed by atoms with Gasteiger partial charge in [-0.15, -0.1) is 11.3 Å². The quantitative estimate of drug-likeness (QED) is 0.875. The Balaban J connectivity index is 2.84. The Hall–Kier alpha value is -0.920. The monoisotopic (exact) mass is 305 g/mol. The van der Waals surface area contributed by atoms with Crippen LogP contribution >= 0.6 is 11.3 Å². The second-order valence-corrected chi connectivity index (χ2v) is 8.64. The van der Waals surface area contributed by atoms with Crippen molar-refractivity contribution in [2.45, 2.75) is 38.3 Å². The maximum atomic E-state index is 12.0. The van der Waals surface area contributed by atoms with Gasteiger partial charge in [0.2, 0.25) is 10.0 Å². The van der Waals surface area contributed by atoms with Gasteiger partial charge in [-0.05, 0) is 30.4 Å². The molecule has 5 nitrogen and oxygen atoms in total. The van der Waals surface area contributed by atoms with E-state index in [1.54, 1.807) is 6.92 Å². The molecule has 0 aliphatic rings. The Morgan fingerprint density at radius 1 is 1.42 bits per heavy atom. The lowest BCUT2D eigenvalue weighted by atomic mass is 9.93. The highest BCUT2D eigenvalue weighted by molar-refractivity contribution is 7.91. The molecular weight excluding hydrogens is 286 g/mol. The van der Waals surface area contributed by atoms with E-state index in [0.717, 1.165) is 11.3 Å². The van der Waals surface area contributed by atoms with Crippen molar-refractivity contribution in [2.24, 2.45) is 5.41 Å². The van der Waals surface area contributed by atoms with Gasteiger partial charge in [0.1, 0.15) is 9.09 Å². The van der Waals surface area contributed by atoms with E-state index in [1.165, 1.54) is 6.07 Å². The highest BCUT2D eigenvalue weighted by Gasteiger charge is 2.22. The lowest BCUT2D eigenvalue weighted by Gasteiger charge is -2.17. The summed E-state index contributed by atoms with van der Waals surface area (Å²) in [5, 5.41) is 8.92. The van der Waals surface area contributed by atoms with E-state index in [1.807, 2.05) is 20.8 Å². The molecule has 0 aromatic carbocycles.